The van der Waals surface area contributed by atoms with Gasteiger partial charge in [-0.15, -0.1) is 0 Å². The van der Waals surface area contributed by atoms with Crippen LogP contribution in [-0.2, 0) is 0 Å². The van der Waals surface area contributed by atoms with Crippen LogP contribution in [0.15, 0.2) is 48.9 Å². The number of hydrogen-bond acceptors (Lipinski definition) is 7. The Hall–Kier alpha value is -3.75. The molecule has 8 nitrogen and oxygen atoms in total. The molecule has 5 N–H and O–H groups in total. The zero-order valence-electron chi connectivity index (χ0n) is 13.8. The van der Waals surface area contributed by atoms with E-state index in [9.17, 15) is 9.18 Å². The van der Waals surface area contributed by atoms with E-state index in [-0.39, 0.29) is 17.1 Å². The topological polar surface area (TPSA) is 118 Å². The lowest BCUT2D eigenvalue weighted by molar-refractivity contribution is 0.0962. The zero-order chi connectivity index (χ0) is 18.5. The van der Waals surface area contributed by atoms with Crippen molar-refractivity contribution >= 4 is 29.0 Å². The van der Waals surface area contributed by atoms with Gasteiger partial charge in [-0.25, -0.2) is 19.3 Å². The molecule has 2 aromatic heterocycles. The molecule has 0 fully saturated rings. The summed E-state index contributed by atoms with van der Waals surface area (Å²) in [6.45, 7) is 1.90. The van der Waals surface area contributed by atoms with Crippen molar-refractivity contribution in [1.29, 1.82) is 0 Å². The van der Waals surface area contributed by atoms with Crippen LogP contribution < -0.4 is 21.9 Å². The molecular weight excluding hydrogens is 337 g/mol. The fourth-order valence-corrected chi connectivity index (χ4v) is 2.11. The van der Waals surface area contributed by atoms with Crippen molar-refractivity contribution in [3.63, 3.8) is 0 Å². The number of halogens is 1. The van der Waals surface area contributed by atoms with Crippen molar-refractivity contribution < 1.29 is 9.18 Å². The Bertz CT molecular complexity index is 931. The van der Waals surface area contributed by atoms with E-state index in [0.29, 0.717) is 11.6 Å². The fourth-order valence-electron chi connectivity index (χ4n) is 2.11. The number of hydrazine groups is 1. The number of aryl methyl sites for hydroxylation is 1. The highest BCUT2D eigenvalue weighted by atomic mass is 19.1. The van der Waals surface area contributed by atoms with Crippen LogP contribution >= 0.6 is 0 Å². The molecule has 26 heavy (non-hydrogen) atoms. The molecule has 0 aliphatic carbocycles. The van der Waals surface area contributed by atoms with Crippen LogP contribution in [0.3, 0.4) is 0 Å². The second kappa shape index (κ2) is 7.43. The molecule has 9 heteroatoms. The van der Waals surface area contributed by atoms with E-state index in [2.05, 4.69) is 31.1 Å². The molecule has 3 aromatic rings. The fraction of sp³-hybridized carbons (Fsp3) is 0.0588. The minimum Gasteiger partial charge on any atom is -0.393 e. The van der Waals surface area contributed by atoms with E-state index in [1.807, 2.05) is 19.1 Å². The van der Waals surface area contributed by atoms with Gasteiger partial charge in [-0.3, -0.25) is 15.6 Å². The molecular formula is C17H16FN7O. The number of anilines is 4. The van der Waals surface area contributed by atoms with Gasteiger partial charge in [0.25, 0.3) is 5.91 Å². The van der Waals surface area contributed by atoms with Crippen LogP contribution in [0.4, 0.5) is 27.5 Å². The van der Waals surface area contributed by atoms with Crippen LogP contribution in [0.1, 0.15) is 15.9 Å². The summed E-state index contributed by atoms with van der Waals surface area (Å²) in [6.07, 6.45) is 2.94. The Morgan fingerprint density at radius 3 is 2.50 bits per heavy atom. The lowest BCUT2D eigenvalue weighted by Crippen LogP contribution is -2.30. The summed E-state index contributed by atoms with van der Waals surface area (Å²) in [4.78, 5) is 24.4. The molecule has 1 aromatic carbocycles. The highest BCUT2D eigenvalue weighted by Crippen LogP contribution is 2.25. The molecule has 0 saturated carbocycles. The maximum absolute atomic E-state index is 12.9. The number of nitrogens with one attached hydrogen (secondary N) is 3. The highest BCUT2D eigenvalue weighted by Gasteiger charge is 2.11. The van der Waals surface area contributed by atoms with Crippen LogP contribution in [0.5, 0.6) is 0 Å². The van der Waals surface area contributed by atoms with Gasteiger partial charge in [-0.2, -0.15) is 0 Å². The molecule has 132 valence electrons. The van der Waals surface area contributed by atoms with Crippen molar-refractivity contribution in [3.8, 4) is 0 Å². The number of nitrogens with zero attached hydrogens (tertiary/aromatic N) is 3. The van der Waals surface area contributed by atoms with Gasteiger partial charge in [-0.05, 0) is 42.8 Å². The predicted octanol–water partition coefficient (Wildman–Crippen LogP) is 2.40. The number of nitrogens with two attached hydrogens (primary N) is 1. The summed E-state index contributed by atoms with van der Waals surface area (Å²) < 4.78 is 12.9. The molecule has 0 atom stereocenters. The monoisotopic (exact) mass is 353 g/mol. The average molecular weight is 353 g/mol. The van der Waals surface area contributed by atoms with Gasteiger partial charge in [0.05, 0.1) is 0 Å². The van der Waals surface area contributed by atoms with Crippen LogP contribution in [-0.4, -0.2) is 20.9 Å². The van der Waals surface area contributed by atoms with E-state index in [4.69, 9.17) is 5.73 Å². The Morgan fingerprint density at radius 2 is 1.77 bits per heavy atom. The van der Waals surface area contributed by atoms with E-state index >= 15 is 0 Å². The zero-order valence-corrected chi connectivity index (χ0v) is 13.8. The molecule has 0 saturated heterocycles. The summed E-state index contributed by atoms with van der Waals surface area (Å²) in [6, 6.07) is 8.85. The molecule has 0 spiro atoms. The first-order valence-corrected chi connectivity index (χ1v) is 7.65. The molecule has 2 heterocycles. The minimum absolute atomic E-state index is 0.206. The standard InChI is InChI=1S/C17H16FN7O/c1-10-3-2-8-20-14(10)23-15-13(19)16(22-9-21-15)24-25-17(26)11-4-6-12(18)7-5-11/h2-9H,19H2,1H3,(H,25,26)(H2,20,21,22,23,24). The number of pyridine rings is 1. The number of aromatic nitrogens is 3. The maximum Gasteiger partial charge on any atom is 0.269 e. The quantitative estimate of drug-likeness (QED) is 0.520. The number of nitrogen functional groups attached to an aromatic ring is 1. The summed E-state index contributed by atoms with van der Waals surface area (Å²) >= 11 is 0. The second-order valence-corrected chi connectivity index (χ2v) is 5.36. The van der Waals surface area contributed by atoms with Gasteiger partial charge in [0.2, 0.25) is 0 Å². The number of carbonyl (C=O) groups excluding carboxylic acids is 1. The van der Waals surface area contributed by atoms with Crippen molar-refractivity contribution in [2.45, 2.75) is 6.92 Å². The average Bonchev–Trinajstić information content (AvgIpc) is 2.64. The summed E-state index contributed by atoms with van der Waals surface area (Å²) in [5, 5.41) is 3.02. The first-order chi connectivity index (χ1) is 12.5. The Labute approximate surface area is 148 Å². The van der Waals surface area contributed by atoms with Gasteiger partial charge in [0.15, 0.2) is 11.6 Å². The molecule has 0 radical (unpaired) electrons. The highest BCUT2D eigenvalue weighted by molar-refractivity contribution is 5.95. The first-order valence-electron chi connectivity index (χ1n) is 7.65. The van der Waals surface area contributed by atoms with Crippen LogP contribution in [0.2, 0.25) is 0 Å². The molecule has 0 aliphatic heterocycles. The molecule has 0 unspecified atom stereocenters. The van der Waals surface area contributed by atoms with Crippen molar-refractivity contribution in [1.82, 2.24) is 20.4 Å². The summed E-state index contributed by atoms with van der Waals surface area (Å²) in [5.41, 5.74) is 12.5. The smallest absolute Gasteiger partial charge is 0.269 e. The van der Waals surface area contributed by atoms with Crippen molar-refractivity contribution in [2.75, 3.05) is 16.5 Å². The summed E-state index contributed by atoms with van der Waals surface area (Å²) in [5.74, 6) is 0.291. The third-order valence-corrected chi connectivity index (χ3v) is 3.53. The Kier molecular flexibility index (Phi) is 4.88. The first kappa shape index (κ1) is 17.1. The van der Waals surface area contributed by atoms with Crippen molar-refractivity contribution in [3.05, 3.63) is 65.9 Å². The van der Waals surface area contributed by atoms with Crippen LogP contribution in [0, 0.1) is 12.7 Å². The van der Waals surface area contributed by atoms with Gasteiger partial charge < -0.3 is 11.1 Å². The van der Waals surface area contributed by atoms with E-state index < -0.39 is 11.7 Å². The normalized spacial score (nSPS) is 10.2. The SMILES string of the molecule is Cc1cccnc1Nc1ncnc(NNC(=O)c2ccc(F)cc2)c1N. The van der Waals surface area contributed by atoms with Gasteiger partial charge in [0, 0.05) is 11.8 Å². The van der Waals surface area contributed by atoms with E-state index in [0.717, 1.165) is 5.56 Å². The molecule has 0 bridgehead atoms. The molecule has 3 rings (SSSR count). The largest absolute Gasteiger partial charge is 0.393 e. The van der Waals surface area contributed by atoms with Crippen molar-refractivity contribution in [2.24, 2.45) is 0 Å². The Balaban J connectivity index is 1.72. The number of benzene rings is 1. The van der Waals surface area contributed by atoms with Gasteiger partial charge in [0.1, 0.15) is 23.6 Å². The van der Waals surface area contributed by atoms with E-state index in [1.165, 1.54) is 30.6 Å². The maximum atomic E-state index is 12.9. The second-order valence-electron chi connectivity index (χ2n) is 5.36. The molecule has 1 amide bonds. The summed E-state index contributed by atoms with van der Waals surface area (Å²) in [7, 11) is 0. The molecule has 0 aliphatic rings. The van der Waals surface area contributed by atoms with E-state index in [1.54, 1.807) is 6.20 Å². The number of carbonyl (C=O) groups is 1. The predicted molar refractivity (Wildman–Crippen MR) is 96.2 cm³/mol. The lowest BCUT2D eigenvalue weighted by atomic mass is 10.2. The Morgan fingerprint density at radius 1 is 1.04 bits per heavy atom. The number of amides is 1. The van der Waals surface area contributed by atoms with Gasteiger partial charge >= 0.3 is 0 Å². The third-order valence-electron chi connectivity index (χ3n) is 3.53. The minimum atomic E-state index is -0.460. The number of hydrogen-bond donors (Lipinski definition) is 4. The third kappa shape index (κ3) is 3.83. The number of rotatable bonds is 5. The van der Waals surface area contributed by atoms with Crippen LogP contribution in [0.25, 0.3) is 0 Å². The lowest BCUT2D eigenvalue weighted by Gasteiger charge is -2.13. The van der Waals surface area contributed by atoms with Gasteiger partial charge in [-0.1, -0.05) is 6.07 Å².